The number of hydrogen-bond donors (Lipinski definition) is 1. The molecule has 2 atom stereocenters. The highest BCUT2D eigenvalue weighted by molar-refractivity contribution is 5.78. The fourth-order valence-electron chi connectivity index (χ4n) is 3.87. The van der Waals surface area contributed by atoms with Crippen molar-refractivity contribution < 1.29 is 19.4 Å². The number of ether oxygens (including phenoxy) is 2. The number of nitrogens with zero attached hydrogens (tertiary/aromatic N) is 2. The summed E-state index contributed by atoms with van der Waals surface area (Å²) in [6.45, 7) is 4.72. The summed E-state index contributed by atoms with van der Waals surface area (Å²) in [5.41, 5.74) is 2.93. The second-order valence-corrected chi connectivity index (χ2v) is 7.88. The third kappa shape index (κ3) is 5.44. The highest BCUT2D eigenvalue weighted by Crippen LogP contribution is 2.23. The van der Waals surface area contributed by atoms with Crippen LogP contribution < -0.4 is 4.74 Å². The van der Waals surface area contributed by atoms with Crippen LogP contribution in [0, 0.1) is 17.8 Å². The zero-order chi connectivity index (χ0) is 21.6. The van der Waals surface area contributed by atoms with Gasteiger partial charge in [-0.2, -0.15) is 5.10 Å². The summed E-state index contributed by atoms with van der Waals surface area (Å²) >= 11 is 0. The number of aromatic nitrogens is 2. The molecule has 0 amide bonds. The van der Waals surface area contributed by atoms with Crippen molar-refractivity contribution in [2.24, 2.45) is 5.92 Å². The van der Waals surface area contributed by atoms with Gasteiger partial charge >= 0.3 is 5.97 Å². The van der Waals surface area contributed by atoms with Crippen LogP contribution in [-0.2, 0) is 22.7 Å². The number of hydrogen-bond acceptors (Lipinski definition) is 4. The maximum Gasteiger partial charge on any atom is 0.304 e. The average molecular weight is 418 g/mol. The molecule has 1 fully saturated rings. The topological polar surface area (TPSA) is 73.6 Å². The van der Waals surface area contributed by atoms with E-state index in [1.807, 2.05) is 41.1 Å². The van der Waals surface area contributed by atoms with Gasteiger partial charge in [0, 0.05) is 30.7 Å². The van der Waals surface area contributed by atoms with E-state index in [2.05, 4.69) is 29.2 Å². The smallest absolute Gasteiger partial charge is 0.304 e. The van der Waals surface area contributed by atoms with Crippen molar-refractivity contribution in [1.29, 1.82) is 0 Å². The van der Waals surface area contributed by atoms with E-state index >= 15 is 0 Å². The lowest BCUT2D eigenvalue weighted by molar-refractivity contribution is -0.137. The van der Waals surface area contributed by atoms with E-state index in [1.54, 1.807) is 6.92 Å². The Bertz CT molecular complexity index is 1100. The van der Waals surface area contributed by atoms with Crippen molar-refractivity contribution >= 4 is 16.9 Å². The van der Waals surface area contributed by atoms with Crippen molar-refractivity contribution in [3.05, 3.63) is 59.8 Å². The number of rotatable bonds is 8. The molecule has 31 heavy (non-hydrogen) atoms. The summed E-state index contributed by atoms with van der Waals surface area (Å²) < 4.78 is 13.4. The molecule has 2 heterocycles. The predicted octanol–water partition coefficient (Wildman–Crippen LogP) is 4.23. The standard InChI is InChI=1S/C25H26N2O4/c1-2-3-21(13-25(28)29)20-5-7-23(8-6-20)31-17-18-4-9-24-22(12-18)15-27(26-24)14-19-10-11-30-16-19/h4-9,12,15,19,21H,10-11,13-14,16-17H2,1H3,(H,28,29)/t19-,21-/m0/s1. The van der Waals surface area contributed by atoms with Crippen LogP contribution in [0.5, 0.6) is 5.75 Å². The first-order chi connectivity index (χ1) is 15.1. The van der Waals surface area contributed by atoms with Gasteiger partial charge < -0.3 is 14.6 Å². The summed E-state index contributed by atoms with van der Waals surface area (Å²) in [4.78, 5) is 11.1. The predicted molar refractivity (Wildman–Crippen MR) is 118 cm³/mol. The average Bonchev–Trinajstić information content (AvgIpc) is 3.41. The van der Waals surface area contributed by atoms with Gasteiger partial charge in [-0.3, -0.25) is 9.48 Å². The van der Waals surface area contributed by atoms with E-state index in [9.17, 15) is 4.79 Å². The number of fused-ring (bicyclic) bond motifs is 1. The normalized spacial score (nSPS) is 16.6. The molecule has 3 aromatic rings. The van der Waals surface area contributed by atoms with Gasteiger partial charge in [-0.05, 0) is 48.7 Å². The molecular weight excluding hydrogens is 392 g/mol. The summed E-state index contributed by atoms with van der Waals surface area (Å²) in [5.74, 6) is 5.88. The van der Waals surface area contributed by atoms with Gasteiger partial charge in [-0.25, -0.2) is 0 Å². The molecule has 1 aromatic heterocycles. The van der Waals surface area contributed by atoms with Crippen LogP contribution in [0.25, 0.3) is 10.9 Å². The molecule has 6 heteroatoms. The minimum atomic E-state index is -0.858. The van der Waals surface area contributed by atoms with Crippen LogP contribution in [0.2, 0.25) is 0 Å². The molecule has 160 valence electrons. The second kappa shape index (κ2) is 9.67. The molecule has 1 aliphatic heterocycles. The molecule has 4 rings (SSSR count). The zero-order valence-electron chi connectivity index (χ0n) is 17.6. The third-order valence-corrected chi connectivity index (χ3v) is 5.47. The Hall–Kier alpha value is -3.30. The number of carboxylic acid groups (broad SMARTS) is 1. The molecular formula is C25H26N2O4. The van der Waals surface area contributed by atoms with Crippen molar-refractivity contribution in [2.75, 3.05) is 13.2 Å². The Balaban J connectivity index is 1.38. The van der Waals surface area contributed by atoms with E-state index in [0.29, 0.717) is 12.5 Å². The molecule has 2 aromatic carbocycles. The number of benzene rings is 2. The lowest BCUT2D eigenvalue weighted by Crippen LogP contribution is -2.10. The van der Waals surface area contributed by atoms with Crippen molar-refractivity contribution in [1.82, 2.24) is 9.78 Å². The fraction of sp³-hybridized carbons (Fsp3) is 0.360. The maximum absolute atomic E-state index is 11.1. The van der Waals surface area contributed by atoms with Crippen molar-refractivity contribution in [3.8, 4) is 17.6 Å². The molecule has 0 radical (unpaired) electrons. The maximum atomic E-state index is 11.1. The van der Waals surface area contributed by atoms with E-state index in [4.69, 9.17) is 14.6 Å². The van der Waals surface area contributed by atoms with Crippen LogP contribution in [0.4, 0.5) is 0 Å². The van der Waals surface area contributed by atoms with Gasteiger partial charge in [-0.15, -0.1) is 5.92 Å². The lowest BCUT2D eigenvalue weighted by atomic mass is 9.96. The molecule has 0 spiro atoms. The Kier molecular flexibility index (Phi) is 6.54. The molecule has 0 aliphatic carbocycles. The van der Waals surface area contributed by atoms with E-state index in [0.717, 1.165) is 54.0 Å². The number of carbonyl (C=O) groups is 1. The van der Waals surface area contributed by atoms with Gasteiger partial charge in [0.05, 0.1) is 24.5 Å². The van der Waals surface area contributed by atoms with Gasteiger partial charge in [0.1, 0.15) is 12.4 Å². The van der Waals surface area contributed by atoms with E-state index < -0.39 is 5.97 Å². The summed E-state index contributed by atoms with van der Waals surface area (Å²) in [7, 11) is 0. The highest BCUT2D eigenvalue weighted by atomic mass is 16.5. The van der Waals surface area contributed by atoms with Crippen LogP contribution in [0.3, 0.4) is 0 Å². The first kappa shape index (κ1) is 21.0. The first-order valence-corrected chi connectivity index (χ1v) is 10.5. The molecule has 0 saturated carbocycles. The van der Waals surface area contributed by atoms with Crippen LogP contribution >= 0.6 is 0 Å². The summed E-state index contributed by atoms with van der Waals surface area (Å²) in [6.07, 6.45) is 3.17. The Morgan fingerprint density at radius 3 is 2.87 bits per heavy atom. The van der Waals surface area contributed by atoms with Crippen molar-refractivity contribution in [2.45, 2.75) is 38.8 Å². The minimum absolute atomic E-state index is 0.0114. The Morgan fingerprint density at radius 1 is 1.32 bits per heavy atom. The molecule has 6 nitrogen and oxygen atoms in total. The quantitative estimate of drug-likeness (QED) is 0.554. The van der Waals surface area contributed by atoms with Crippen LogP contribution in [0.1, 0.15) is 36.8 Å². The third-order valence-electron chi connectivity index (χ3n) is 5.47. The second-order valence-electron chi connectivity index (χ2n) is 7.88. The van der Waals surface area contributed by atoms with Gasteiger partial charge in [0.2, 0.25) is 0 Å². The number of aliphatic carboxylic acids is 1. The first-order valence-electron chi connectivity index (χ1n) is 10.5. The Morgan fingerprint density at radius 2 is 2.16 bits per heavy atom. The van der Waals surface area contributed by atoms with Crippen LogP contribution in [0.15, 0.2) is 48.7 Å². The lowest BCUT2D eigenvalue weighted by Gasteiger charge is -2.11. The fourth-order valence-corrected chi connectivity index (χ4v) is 3.87. The molecule has 1 N–H and O–H groups in total. The van der Waals surface area contributed by atoms with Gasteiger partial charge in [0.15, 0.2) is 0 Å². The van der Waals surface area contributed by atoms with Gasteiger partial charge in [-0.1, -0.05) is 24.1 Å². The summed E-state index contributed by atoms with van der Waals surface area (Å²) in [6, 6.07) is 13.7. The molecule has 1 saturated heterocycles. The van der Waals surface area contributed by atoms with Gasteiger partial charge in [0.25, 0.3) is 0 Å². The zero-order valence-corrected chi connectivity index (χ0v) is 17.6. The molecule has 0 bridgehead atoms. The van der Waals surface area contributed by atoms with Crippen molar-refractivity contribution in [3.63, 3.8) is 0 Å². The molecule has 0 unspecified atom stereocenters. The monoisotopic (exact) mass is 418 g/mol. The number of carboxylic acids is 1. The van der Waals surface area contributed by atoms with Crippen LogP contribution in [-0.4, -0.2) is 34.1 Å². The summed E-state index contributed by atoms with van der Waals surface area (Å²) in [5, 5.41) is 14.8. The minimum Gasteiger partial charge on any atom is -0.489 e. The van der Waals surface area contributed by atoms with E-state index in [1.165, 1.54) is 0 Å². The largest absolute Gasteiger partial charge is 0.489 e. The SMILES string of the molecule is CC#C[C@@H](CC(=O)O)c1ccc(OCc2ccc3nn(C[C@@H]4CCOC4)cc3c2)cc1. The molecule has 1 aliphatic rings. The van der Waals surface area contributed by atoms with E-state index in [-0.39, 0.29) is 12.3 Å². The highest BCUT2D eigenvalue weighted by Gasteiger charge is 2.17. The Labute approximate surface area is 181 Å².